The number of hydrogen-bond acceptors (Lipinski definition) is 5. The van der Waals surface area contributed by atoms with Gasteiger partial charge in [0.1, 0.15) is 22.3 Å². The van der Waals surface area contributed by atoms with Crippen molar-refractivity contribution in [3.05, 3.63) is 182 Å². The second-order valence-electron chi connectivity index (χ2n) is 14.3. The van der Waals surface area contributed by atoms with Crippen LogP contribution in [0.25, 0.3) is 117 Å². The van der Waals surface area contributed by atoms with Crippen LogP contribution in [0.2, 0.25) is 0 Å². The highest BCUT2D eigenvalue weighted by atomic mass is 16.3. The molecule has 0 radical (unpaired) electrons. The van der Waals surface area contributed by atoms with Crippen LogP contribution in [0.1, 0.15) is 0 Å². The normalized spacial score (nSPS) is 11.9. The van der Waals surface area contributed by atoms with E-state index in [2.05, 4.69) is 114 Å². The Morgan fingerprint density at radius 3 is 1.44 bits per heavy atom. The molecule has 0 aliphatic carbocycles. The van der Waals surface area contributed by atoms with Gasteiger partial charge in [0.2, 0.25) is 0 Å². The summed E-state index contributed by atoms with van der Waals surface area (Å²) in [6, 6.07) is 62.5. The summed E-state index contributed by atoms with van der Waals surface area (Å²) in [5.74, 6) is 1.75. The maximum atomic E-state index is 6.87. The summed E-state index contributed by atoms with van der Waals surface area (Å²) < 4.78 is 16.0. The lowest BCUT2D eigenvalue weighted by atomic mass is 9.97. The van der Waals surface area contributed by atoms with Gasteiger partial charge in [0.25, 0.3) is 0 Å². The molecule has 0 fully saturated rings. The van der Waals surface area contributed by atoms with Crippen LogP contribution in [0.4, 0.5) is 0 Å². The minimum atomic E-state index is 0.547. The van der Waals surface area contributed by atoms with Crippen LogP contribution >= 0.6 is 0 Å². The first kappa shape index (κ1) is 31.5. The fourth-order valence-corrected chi connectivity index (χ4v) is 8.59. The number of hydrogen-bond donors (Lipinski definition) is 0. The third-order valence-corrected chi connectivity index (χ3v) is 11.1. The van der Waals surface area contributed by atoms with Crippen molar-refractivity contribution in [2.45, 2.75) is 0 Å². The molecule has 266 valence electrons. The van der Waals surface area contributed by atoms with Crippen molar-refractivity contribution in [1.82, 2.24) is 19.5 Å². The first-order valence-electron chi connectivity index (χ1n) is 19.0. The monoisotopic (exact) mass is 730 g/mol. The van der Waals surface area contributed by atoms with Crippen LogP contribution in [0.3, 0.4) is 0 Å². The third kappa shape index (κ3) is 4.81. The SMILES string of the molecule is c1ccc(-c2nc(-c3ccccc3)nc(-c3cccc4c3oc3cccc(-c5cccc6c5oc5cccc(-n7c8ccccc8c8ccccc87)c56)c34)n2)cc1. The molecule has 0 bridgehead atoms. The topological polar surface area (TPSA) is 69.9 Å². The smallest absolute Gasteiger partial charge is 0.167 e. The van der Waals surface area contributed by atoms with Gasteiger partial charge in [-0.1, -0.05) is 146 Å². The zero-order valence-electron chi connectivity index (χ0n) is 30.4. The summed E-state index contributed by atoms with van der Waals surface area (Å²) >= 11 is 0. The van der Waals surface area contributed by atoms with Crippen molar-refractivity contribution in [3.8, 4) is 51.0 Å². The van der Waals surface area contributed by atoms with Gasteiger partial charge in [0, 0.05) is 43.6 Å². The molecular formula is C51H30N4O2. The minimum Gasteiger partial charge on any atom is -0.455 e. The molecule has 4 aromatic heterocycles. The highest BCUT2D eigenvalue weighted by molar-refractivity contribution is 6.20. The van der Waals surface area contributed by atoms with E-state index in [0.717, 1.165) is 88.4 Å². The van der Waals surface area contributed by atoms with E-state index in [1.165, 1.54) is 10.8 Å². The Bertz CT molecular complexity index is 3410. The molecule has 6 nitrogen and oxygen atoms in total. The predicted octanol–water partition coefficient (Wildman–Crippen LogP) is 13.4. The van der Waals surface area contributed by atoms with Crippen LogP contribution in [-0.2, 0) is 0 Å². The zero-order chi connectivity index (χ0) is 37.5. The van der Waals surface area contributed by atoms with Gasteiger partial charge in [0.15, 0.2) is 17.5 Å². The van der Waals surface area contributed by atoms with Crippen molar-refractivity contribution in [3.63, 3.8) is 0 Å². The van der Waals surface area contributed by atoms with E-state index < -0.39 is 0 Å². The standard InChI is InChI=1S/C51H30N4O2/c1-3-15-31(16-4-1)49-52-50(32-17-5-2-6-18-32)54-51(53-49)39-25-12-23-37-45-35(21-13-29-43(45)56-48(37)39)36-22-11-24-38-46-42(28-14-30-44(46)57-47(36)38)55-40-26-9-7-19-33(40)34-20-8-10-27-41(34)55/h1-30H. The van der Waals surface area contributed by atoms with E-state index in [-0.39, 0.29) is 0 Å². The minimum absolute atomic E-state index is 0.547. The van der Waals surface area contributed by atoms with Gasteiger partial charge in [-0.05, 0) is 42.0 Å². The van der Waals surface area contributed by atoms with Gasteiger partial charge >= 0.3 is 0 Å². The lowest BCUT2D eigenvalue weighted by Crippen LogP contribution is -2.00. The number of para-hydroxylation sites is 4. The van der Waals surface area contributed by atoms with Crippen LogP contribution in [-0.4, -0.2) is 19.5 Å². The van der Waals surface area contributed by atoms with Gasteiger partial charge in [-0.15, -0.1) is 0 Å². The van der Waals surface area contributed by atoms with Gasteiger partial charge in [-0.2, -0.15) is 0 Å². The molecule has 0 saturated heterocycles. The average Bonchev–Trinajstić information content (AvgIpc) is 3.97. The van der Waals surface area contributed by atoms with E-state index in [4.69, 9.17) is 23.8 Å². The Kier molecular flexibility index (Phi) is 6.83. The molecule has 0 aliphatic rings. The van der Waals surface area contributed by atoms with E-state index in [9.17, 15) is 0 Å². The summed E-state index contributed by atoms with van der Waals surface area (Å²) in [6.07, 6.45) is 0. The van der Waals surface area contributed by atoms with Crippen LogP contribution < -0.4 is 0 Å². The molecular weight excluding hydrogens is 701 g/mol. The van der Waals surface area contributed by atoms with Crippen molar-refractivity contribution < 1.29 is 8.83 Å². The van der Waals surface area contributed by atoms with Crippen molar-refractivity contribution >= 4 is 65.7 Å². The van der Waals surface area contributed by atoms with Gasteiger partial charge in [-0.25, -0.2) is 15.0 Å². The van der Waals surface area contributed by atoms with Crippen molar-refractivity contribution in [1.29, 1.82) is 0 Å². The Balaban J connectivity index is 1.07. The molecule has 0 atom stereocenters. The maximum Gasteiger partial charge on any atom is 0.167 e. The maximum absolute atomic E-state index is 6.87. The van der Waals surface area contributed by atoms with E-state index in [0.29, 0.717) is 17.5 Å². The lowest BCUT2D eigenvalue weighted by molar-refractivity contribution is 0.669. The second-order valence-corrected chi connectivity index (χ2v) is 14.3. The van der Waals surface area contributed by atoms with E-state index in [1.807, 2.05) is 72.8 Å². The average molecular weight is 731 g/mol. The molecule has 0 aliphatic heterocycles. The van der Waals surface area contributed by atoms with Crippen LogP contribution in [0, 0.1) is 0 Å². The molecule has 4 heterocycles. The van der Waals surface area contributed by atoms with Crippen LogP contribution in [0.15, 0.2) is 191 Å². The Morgan fingerprint density at radius 1 is 0.333 bits per heavy atom. The van der Waals surface area contributed by atoms with E-state index >= 15 is 0 Å². The third-order valence-electron chi connectivity index (χ3n) is 11.1. The number of rotatable bonds is 5. The zero-order valence-corrected chi connectivity index (χ0v) is 30.4. The predicted molar refractivity (Wildman–Crippen MR) is 230 cm³/mol. The molecule has 8 aromatic carbocycles. The van der Waals surface area contributed by atoms with Gasteiger partial charge in [-0.3, -0.25) is 0 Å². The Hall–Kier alpha value is -7.83. The van der Waals surface area contributed by atoms with E-state index in [1.54, 1.807) is 0 Å². The number of fused-ring (bicyclic) bond motifs is 9. The highest BCUT2D eigenvalue weighted by Gasteiger charge is 2.23. The molecule has 12 aromatic rings. The summed E-state index contributed by atoms with van der Waals surface area (Å²) in [6.45, 7) is 0. The van der Waals surface area contributed by atoms with Gasteiger partial charge < -0.3 is 13.4 Å². The fourth-order valence-electron chi connectivity index (χ4n) is 8.59. The number of nitrogens with zero attached hydrogens (tertiary/aromatic N) is 4. The molecule has 12 rings (SSSR count). The first-order chi connectivity index (χ1) is 28.3. The molecule has 0 amide bonds. The molecule has 0 N–H and O–H groups in total. The largest absolute Gasteiger partial charge is 0.455 e. The fraction of sp³-hybridized carbons (Fsp3) is 0. The highest BCUT2D eigenvalue weighted by Crippen LogP contribution is 2.45. The first-order valence-corrected chi connectivity index (χ1v) is 19.0. The summed E-state index contributed by atoms with van der Waals surface area (Å²) in [4.78, 5) is 15.0. The van der Waals surface area contributed by atoms with Crippen molar-refractivity contribution in [2.24, 2.45) is 0 Å². The molecule has 0 spiro atoms. The number of furan rings is 2. The molecule has 6 heteroatoms. The molecule has 0 saturated carbocycles. The Labute approximate surface area is 325 Å². The summed E-state index contributed by atoms with van der Waals surface area (Å²) in [7, 11) is 0. The van der Waals surface area contributed by atoms with Crippen molar-refractivity contribution in [2.75, 3.05) is 0 Å². The quantitative estimate of drug-likeness (QED) is 0.176. The Morgan fingerprint density at radius 2 is 0.789 bits per heavy atom. The molecule has 0 unspecified atom stereocenters. The number of benzene rings is 8. The number of aromatic nitrogens is 4. The molecule has 57 heavy (non-hydrogen) atoms. The summed E-state index contributed by atoms with van der Waals surface area (Å²) in [5, 5.41) is 6.55. The second kappa shape index (κ2) is 12.3. The van der Waals surface area contributed by atoms with Gasteiger partial charge in [0.05, 0.1) is 27.7 Å². The summed E-state index contributed by atoms with van der Waals surface area (Å²) in [5.41, 5.74) is 11.2. The van der Waals surface area contributed by atoms with Crippen LogP contribution in [0.5, 0.6) is 0 Å². The lowest BCUT2D eigenvalue weighted by Gasteiger charge is -2.09.